The second-order valence-electron chi connectivity index (χ2n) is 8.81. The van der Waals surface area contributed by atoms with Gasteiger partial charge >= 0.3 is 11.9 Å². The summed E-state index contributed by atoms with van der Waals surface area (Å²) in [5, 5.41) is 8.90. The molecule has 4 nitrogen and oxygen atoms in total. The summed E-state index contributed by atoms with van der Waals surface area (Å²) in [7, 11) is 1.41. The molecule has 0 aliphatic heterocycles. The van der Waals surface area contributed by atoms with Crippen molar-refractivity contribution in [3.63, 3.8) is 0 Å². The second-order valence-corrected chi connectivity index (χ2v) is 8.81. The van der Waals surface area contributed by atoms with E-state index >= 15 is 0 Å². The Morgan fingerprint density at radius 3 is 1.64 bits per heavy atom. The molecule has 0 bridgehead atoms. The van der Waals surface area contributed by atoms with Crippen molar-refractivity contribution in [3.8, 4) is 0 Å². The van der Waals surface area contributed by atoms with Crippen molar-refractivity contribution >= 4 is 23.1 Å². The number of rotatable bonds is 4. The Hall–Kier alpha value is -3.14. The van der Waals surface area contributed by atoms with Gasteiger partial charge in [0.1, 0.15) is 0 Å². The van der Waals surface area contributed by atoms with Crippen LogP contribution >= 0.6 is 0 Å². The molecule has 0 saturated heterocycles. The molecule has 2 aromatic carbocycles. The maximum Gasteiger partial charge on any atom is 0.337 e. The number of hydrogen-bond donors (Lipinski definition) is 1. The van der Waals surface area contributed by atoms with Gasteiger partial charge in [-0.3, -0.25) is 0 Å². The van der Waals surface area contributed by atoms with Gasteiger partial charge in [-0.25, -0.2) is 9.59 Å². The zero-order valence-electron chi connectivity index (χ0n) is 19.9. The Labute approximate surface area is 197 Å². The van der Waals surface area contributed by atoms with Crippen LogP contribution < -0.4 is 0 Å². The van der Waals surface area contributed by atoms with E-state index in [9.17, 15) is 9.59 Å². The number of carboxylic acid groups (broad SMARTS) is 1. The molecule has 0 amide bonds. The quantitative estimate of drug-likeness (QED) is 0.497. The molecule has 4 rings (SSSR count). The van der Waals surface area contributed by atoms with Crippen molar-refractivity contribution in [2.75, 3.05) is 7.11 Å². The van der Waals surface area contributed by atoms with E-state index in [1.54, 1.807) is 12.1 Å². The first-order valence-electron chi connectivity index (χ1n) is 11.8. The zero-order chi connectivity index (χ0) is 23.8. The van der Waals surface area contributed by atoms with Gasteiger partial charge in [-0.1, -0.05) is 24.3 Å². The first-order valence-corrected chi connectivity index (χ1v) is 11.8. The Balaban J connectivity index is 0.000000186. The molecule has 0 fully saturated rings. The number of aryl methyl sites for hydroxylation is 2. The fraction of sp³-hybridized carbons (Fsp3) is 0.379. The van der Waals surface area contributed by atoms with E-state index in [0.717, 1.165) is 30.4 Å². The fourth-order valence-corrected chi connectivity index (χ4v) is 4.59. The number of hydrogen-bond acceptors (Lipinski definition) is 3. The largest absolute Gasteiger partial charge is 0.478 e. The van der Waals surface area contributed by atoms with E-state index in [2.05, 4.69) is 19.1 Å². The Kier molecular flexibility index (Phi) is 8.65. The summed E-state index contributed by atoms with van der Waals surface area (Å²) < 4.78 is 4.72. The Morgan fingerprint density at radius 2 is 1.24 bits per heavy atom. The third-order valence-electron chi connectivity index (χ3n) is 6.39. The van der Waals surface area contributed by atoms with Crippen molar-refractivity contribution in [1.29, 1.82) is 0 Å². The van der Waals surface area contributed by atoms with Gasteiger partial charge in [0.05, 0.1) is 18.2 Å². The lowest BCUT2D eigenvalue weighted by atomic mass is 9.90. The molecule has 0 aromatic heterocycles. The van der Waals surface area contributed by atoms with E-state index < -0.39 is 5.97 Å². The normalized spacial score (nSPS) is 15.5. The van der Waals surface area contributed by atoms with Crippen molar-refractivity contribution in [2.24, 2.45) is 0 Å². The van der Waals surface area contributed by atoms with Crippen molar-refractivity contribution in [2.45, 2.75) is 65.2 Å². The van der Waals surface area contributed by atoms with E-state index in [1.807, 2.05) is 31.2 Å². The monoisotopic (exact) mass is 446 g/mol. The molecule has 0 heterocycles. The lowest BCUT2D eigenvalue weighted by molar-refractivity contribution is 0.0599. The van der Waals surface area contributed by atoms with Crippen molar-refractivity contribution in [3.05, 3.63) is 81.9 Å². The lowest BCUT2D eigenvalue weighted by Gasteiger charge is -2.15. The molecule has 1 N–H and O–H groups in total. The zero-order valence-corrected chi connectivity index (χ0v) is 19.9. The van der Waals surface area contributed by atoms with Crippen LogP contribution in [0.2, 0.25) is 0 Å². The van der Waals surface area contributed by atoms with Crippen LogP contribution in [0.25, 0.3) is 11.1 Å². The number of carbonyl (C=O) groups is 2. The maximum atomic E-state index is 11.4. The number of benzene rings is 2. The number of aromatic carboxylic acids is 1. The van der Waals surface area contributed by atoms with Crippen LogP contribution in [0.15, 0.2) is 48.6 Å². The molecule has 2 aliphatic carbocycles. The number of carbonyl (C=O) groups excluding carboxylic acids is 1. The third kappa shape index (κ3) is 6.44. The number of carboxylic acids is 1. The molecule has 0 spiro atoms. The first-order chi connectivity index (χ1) is 15.9. The molecule has 2 aliphatic rings. The van der Waals surface area contributed by atoms with Gasteiger partial charge in [-0.2, -0.15) is 0 Å². The molecule has 0 atom stereocenters. The van der Waals surface area contributed by atoms with Gasteiger partial charge in [0, 0.05) is 0 Å². The Bertz CT molecular complexity index is 1080. The molecule has 33 heavy (non-hydrogen) atoms. The predicted molar refractivity (Wildman–Crippen MR) is 134 cm³/mol. The highest BCUT2D eigenvalue weighted by Crippen LogP contribution is 2.30. The summed E-state index contributed by atoms with van der Waals surface area (Å²) >= 11 is 0. The third-order valence-corrected chi connectivity index (χ3v) is 6.39. The van der Waals surface area contributed by atoms with E-state index in [0.29, 0.717) is 11.1 Å². The SMILES string of the molecule is COC(=O)c1ccc(C2=CCCCC2)c(C)c1.Cc1cc(C(=O)O)ccc1C1=CCCCC1. The van der Waals surface area contributed by atoms with Crippen LogP contribution in [0.4, 0.5) is 0 Å². The average molecular weight is 447 g/mol. The van der Waals surface area contributed by atoms with Crippen LogP contribution in [0, 0.1) is 13.8 Å². The van der Waals surface area contributed by atoms with Crippen LogP contribution in [0.3, 0.4) is 0 Å². The molecule has 0 radical (unpaired) electrons. The summed E-state index contributed by atoms with van der Waals surface area (Å²) in [6.45, 7) is 4.04. The van der Waals surface area contributed by atoms with Crippen LogP contribution in [0.5, 0.6) is 0 Å². The minimum Gasteiger partial charge on any atom is -0.478 e. The number of methoxy groups -OCH3 is 1. The number of esters is 1. The summed E-state index contributed by atoms with van der Waals surface area (Å²) in [5.74, 6) is -1.12. The van der Waals surface area contributed by atoms with Gasteiger partial charge in [0.25, 0.3) is 0 Å². The highest BCUT2D eigenvalue weighted by Gasteiger charge is 2.12. The van der Waals surface area contributed by atoms with Gasteiger partial charge in [-0.05, 0) is 123 Å². The summed E-state index contributed by atoms with van der Waals surface area (Å²) in [6.07, 6.45) is 14.3. The summed E-state index contributed by atoms with van der Waals surface area (Å²) in [5.41, 5.74) is 8.50. The van der Waals surface area contributed by atoms with Crippen LogP contribution in [0.1, 0.15) is 94.3 Å². The first kappa shape index (κ1) is 24.5. The van der Waals surface area contributed by atoms with Gasteiger partial charge in [-0.15, -0.1) is 0 Å². The van der Waals surface area contributed by atoms with Gasteiger partial charge < -0.3 is 9.84 Å². The highest BCUT2D eigenvalue weighted by atomic mass is 16.5. The Morgan fingerprint density at radius 1 is 0.758 bits per heavy atom. The van der Waals surface area contributed by atoms with Crippen molar-refractivity contribution < 1.29 is 19.4 Å². The molecule has 0 saturated carbocycles. The molecular weight excluding hydrogens is 412 g/mol. The fourth-order valence-electron chi connectivity index (χ4n) is 4.59. The van der Waals surface area contributed by atoms with E-state index in [4.69, 9.17) is 9.84 Å². The average Bonchev–Trinajstić information content (AvgIpc) is 2.85. The maximum absolute atomic E-state index is 11.4. The molecule has 174 valence electrons. The summed E-state index contributed by atoms with van der Waals surface area (Å²) in [4.78, 5) is 22.2. The second kappa shape index (κ2) is 11.6. The molecular formula is C29H34O4. The minimum atomic E-state index is -0.854. The molecule has 2 aromatic rings. The smallest absolute Gasteiger partial charge is 0.337 e. The molecule has 4 heteroatoms. The van der Waals surface area contributed by atoms with Crippen LogP contribution in [-0.2, 0) is 4.74 Å². The topological polar surface area (TPSA) is 63.6 Å². The predicted octanol–water partition coefficient (Wildman–Crippen LogP) is 7.39. The van der Waals surface area contributed by atoms with E-state index in [-0.39, 0.29) is 5.97 Å². The standard InChI is InChI=1S/C15H18O2.C14H16O2/c1-11-10-13(15(16)17-2)8-9-14(11)12-6-4-3-5-7-12;1-10-9-12(14(15)16)7-8-13(10)11-5-3-2-4-6-11/h6,8-10H,3-5,7H2,1-2H3;5,7-9H,2-4,6H2,1H3,(H,15,16). The highest BCUT2D eigenvalue weighted by molar-refractivity contribution is 5.90. The van der Waals surface area contributed by atoms with E-state index in [1.165, 1.54) is 61.5 Å². The minimum absolute atomic E-state index is 0.266. The lowest BCUT2D eigenvalue weighted by Crippen LogP contribution is -2.03. The summed E-state index contributed by atoms with van der Waals surface area (Å²) in [6, 6.07) is 11.2. The van der Waals surface area contributed by atoms with Crippen molar-refractivity contribution in [1.82, 2.24) is 0 Å². The van der Waals surface area contributed by atoms with Gasteiger partial charge in [0.2, 0.25) is 0 Å². The number of allylic oxidation sites excluding steroid dienone is 4. The molecule has 0 unspecified atom stereocenters. The van der Waals surface area contributed by atoms with Gasteiger partial charge in [0.15, 0.2) is 0 Å². The van der Waals surface area contributed by atoms with Crippen LogP contribution in [-0.4, -0.2) is 24.2 Å². The number of ether oxygens (including phenoxy) is 1.